The summed E-state index contributed by atoms with van der Waals surface area (Å²) < 4.78 is 26.4. The van der Waals surface area contributed by atoms with Gasteiger partial charge in [0.2, 0.25) is 0 Å². The van der Waals surface area contributed by atoms with Crippen LogP contribution in [-0.4, -0.2) is 11.6 Å². The van der Waals surface area contributed by atoms with Gasteiger partial charge >= 0.3 is 0 Å². The first-order valence-electron chi connectivity index (χ1n) is 7.40. The minimum Gasteiger partial charge on any atom is -0.321 e. The van der Waals surface area contributed by atoms with Crippen LogP contribution in [0, 0.1) is 11.6 Å². The van der Waals surface area contributed by atoms with Crippen LogP contribution in [0.1, 0.15) is 13.3 Å². The minimum absolute atomic E-state index is 0.0535. The van der Waals surface area contributed by atoms with E-state index in [1.165, 1.54) is 0 Å². The normalized spacial score (nSPS) is 14.0. The number of benzene rings is 2. The predicted octanol–water partition coefficient (Wildman–Crippen LogP) is 4.07. The average Bonchev–Trinajstić information content (AvgIpc) is 2.55. The van der Waals surface area contributed by atoms with E-state index in [1.54, 1.807) is 5.01 Å². The Hall–Kier alpha value is -3.02. The number of hydrogen-bond donors (Lipinski definition) is 1. The Kier molecular flexibility index (Phi) is 4.37. The molecule has 0 aliphatic carbocycles. The van der Waals surface area contributed by atoms with Crippen LogP contribution in [0.3, 0.4) is 0 Å². The molecule has 0 fully saturated rings. The lowest BCUT2D eigenvalue weighted by Gasteiger charge is -2.24. The number of nitrogens with zero attached hydrogens (tertiary/aromatic N) is 2. The molecule has 24 heavy (non-hydrogen) atoms. The fourth-order valence-electron chi connectivity index (χ4n) is 2.37. The highest BCUT2D eigenvalue weighted by Crippen LogP contribution is 2.23. The highest BCUT2D eigenvalue weighted by atomic mass is 19.1. The van der Waals surface area contributed by atoms with E-state index >= 15 is 0 Å². The molecule has 6 heteroatoms. The number of carbonyl (C=O) groups excluding carboxylic acids is 1. The topological polar surface area (TPSA) is 44.7 Å². The van der Waals surface area contributed by atoms with E-state index in [1.807, 2.05) is 43.3 Å². The highest BCUT2D eigenvalue weighted by molar-refractivity contribution is 6.43. The standard InChI is InChI=1S/C18H15F2N3O/c1-12-7-8-17(22-23(12)16-5-3-2-4-6-16)18(24)21-15-10-13(19)9-14(20)11-15/h2-7,9-11H,8H2,1H3,(H,21,24). The van der Waals surface area contributed by atoms with Crippen LogP contribution in [0.5, 0.6) is 0 Å². The summed E-state index contributed by atoms with van der Waals surface area (Å²) in [4.78, 5) is 12.3. The van der Waals surface area contributed by atoms with Gasteiger partial charge in [-0.3, -0.25) is 4.79 Å². The molecule has 0 aromatic heterocycles. The van der Waals surface area contributed by atoms with E-state index in [0.29, 0.717) is 6.42 Å². The lowest BCUT2D eigenvalue weighted by atomic mass is 10.1. The fraction of sp³-hybridized carbons (Fsp3) is 0.111. The molecular weight excluding hydrogens is 312 g/mol. The molecule has 4 nitrogen and oxygen atoms in total. The lowest BCUT2D eigenvalue weighted by molar-refractivity contribution is -0.110. The first-order valence-corrected chi connectivity index (χ1v) is 7.40. The molecule has 1 aliphatic heterocycles. The summed E-state index contributed by atoms with van der Waals surface area (Å²) in [7, 11) is 0. The molecule has 2 aromatic rings. The summed E-state index contributed by atoms with van der Waals surface area (Å²) in [6.45, 7) is 1.90. The van der Waals surface area contributed by atoms with E-state index in [9.17, 15) is 13.6 Å². The Morgan fingerprint density at radius 1 is 1.12 bits per heavy atom. The maximum Gasteiger partial charge on any atom is 0.272 e. The summed E-state index contributed by atoms with van der Waals surface area (Å²) in [5.74, 6) is -2.00. The van der Waals surface area contributed by atoms with Crippen molar-refractivity contribution in [3.63, 3.8) is 0 Å². The molecule has 0 spiro atoms. The van der Waals surface area contributed by atoms with Gasteiger partial charge in [0, 0.05) is 23.9 Å². The molecule has 0 saturated heterocycles. The van der Waals surface area contributed by atoms with Crippen LogP contribution >= 0.6 is 0 Å². The third kappa shape index (κ3) is 3.48. The van der Waals surface area contributed by atoms with Gasteiger partial charge in [-0.15, -0.1) is 0 Å². The van der Waals surface area contributed by atoms with Crippen molar-refractivity contribution in [1.29, 1.82) is 0 Å². The average molecular weight is 327 g/mol. The number of hydrazone groups is 1. The second-order valence-electron chi connectivity index (χ2n) is 5.36. The van der Waals surface area contributed by atoms with Gasteiger partial charge in [-0.25, -0.2) is 13.8 Å². The number of para-hydroxylation sites is 1. The number of amides is 1. The molecule has 0 atom stereocenters. The van der Waals surface area contributed by atoms with Gasteiger partial charge in [0.15, 0.2) is 0 Å². The van der Waals surface area contributed by atoms with E-state index in [2.05, 4.69) is 10.4 Å². The zero-order chi connectivity index (χ0) is 17.1. The van der Waals surface area contributed by atoms with E-state index < -0.39 is 17.5 Å². The van der Waals surface area contributed by atoms with Crippen LogP contribution in [-0.2, 0) is 4.79 Å². The molecule has 1 amide bonds. The smallest absolute Gasteiger partial charge is 0.272 e. The van der Waals surface area contributed by atoms with Crippen molar-refractivity contribution in [3.8, 4) is 0 Å². The molecule has 1 aliphatic rings. The van der Waals surface area contributed by atoms with Gasteiger partial charge in [-0.2, -0.15) is 5.10 Å². The molecule has 1 N–H and O–H groups in total. The van der Waals surface area contributed by atoms with Gasteiger partial charge in [0.25, 0.3) is 5.91 Å². The molecule has 122 valence electrons. The quantitative estimate of drug-likeness (QED) is 0.923. The third-order valence-corrected chi connectivity index (χ3v) is 3.53. The largest absolute Gasteiger partial charge is 0.321 e. The van der Waals surface area contributed by atoms with Crippen molar-refractivity contribution in [2.75, 3.05) is 10.3 Å². The number of halogens is 2. The molecule has 0 radical (unpaired) electrons. The number of hydrogen-bond acceptors (Lipinski definition) is 3. The SMILES string of the molecule is CC1=CCC(C(=O)Nc2cc(F)cc(F)c2)=NN1c1ccccc1. The van der Waals surface area contributed by atoms with Gasteiger partial charge in [-0.1, -0.05) is 24.3 Å². The van der Waals surface area contributed by atoms with Crippen molar-refractivity contribution in [3.05, 3.63) is 71.9 Å². The molecule has 3 rings (SSSR count). The molecule has 2 aromatic carbocycles. The molecular formula is C18H15F2N3O. The maximum atomic E-state index is 13.2. The number of anilines is 2. The summed E-state index contributed by atoms with van der Waals surface area (Å²) >= 11 is 0. The van der Waals surface area contributed by atoms with Crippen molar-refractivity contribution < 1.29 is 13.6 Å². The number of carbonyl (C=O) groups is 1. The van der Waals surface area contributed by atoms with Crippen molar-refractivity contribution in [1.82, 2.24) is 0 Å². The third-order valence-electron chi connectivity index (χ3n) is 3.53. The van der Waals surface area contributed by atoms with E-state index in [0.717, 1.165) is 29.6 Å². The fourth-order valence-corrected chi connectivity index (χ4v) is 2.37. The Balaban J connectivity index is 1.82. The lowest BCUT2D eigenvalue weighted by Crippen LogP contribution is -2.29. The van der Waals surface area contributed by atoms with Crippen molar-refractivity contribution in [2.24, 2.45) is 5.10 Å². The summed E-state index contributed by atoms with van der Waals surface area (Å²) in [6.07, 6.45) is 2.22. The van der Waals surface area contributed by atoms with Crippen LogP contribution in [0.2, 0.25) is 0 Å². The van der Waals surface area contributed by atoms with Crippen molar-refractivity contribution in [2.45, 2.75) is 13.3 Å². The van der Waals surface area contributed by atoms with Crippen LogP contribution in [0.15, 0.2) is 65.4 Å². The first-order chi connectivity index (χ1) is 11.5. The van der Waals surface area contributed by atoms with E-state index in [-0.39, 0.29) is 11.4 Å². The summed E-state index contributed by atoms with van der Waals surface area (Å²) in [6, 6.07) is 12.3. The molecule has 1 heterocycles. The minimum atomic E-state index is -0.752. The van der Waals surface area contributed by atoms with Gasteiger partial charge in [0.05, 0.1) is 5.69 Å². The van der Waals surface area contributed by atoms with Gasteiger partial charge in [-0.05, 0) is 31.2 Å². The molecule has 0 unspecified atom stereocenters. The Bertz CT molecular complexity index is 811. The highest BCUT2D eigenvalue weighted by Gasteiger charge is 2.19. The predicted molar refractivity (Wildman–Crippen MR) is 89.7 cm³/mol. The number of allylic oxidation sites excluding steroid dienone is 2. The number of nitrogens with one attached hydrogen (secondary N) is 1. The first kappa shape index (κ1) is 15.9. The van der Waals surface area contributed by atoms with Crippen molar-refractivity contribution >= 4 is 23.0 Å². The Morgan fingerprint density at radius 2 is 1.79 bits per heavy atom. The van der Waals surface area contributed by atoms with E-state index in [4.69, 9.17) is 0 Å². The monoisotopic (exact) mass is 327 g/mol. The zero-order valence-electron chi connectivity index (χ0n) is 13.0. The van der Waals surface area contributed by atoms with Crippen LogP contribution < -0.4 is 10.3 Å². The molecule has 0 bridgehead atoms. The maximum absolute atomic E-state index is 13.2. The molecule has 0 saturated carbocycles. The van der Waals surface area contributed by atoms with Gasteiger partial charge in [0.1, 0.15) is 17.3 Å². The Labute approximate surface area is 138 Å². The van der Waals surface area contributed by atoms with Crippen LogP contribution in [0.25, 0.3) is 0 Å². The van der Waals surface area contributed by atoms with Gasteiger partial charge < -0.3 is 5.32 Å². The summed E-state index contributed by atoms with van der Waals surface area (Å²) in [5.41, 5.74) is 2.04. The second kappa shape index (κ2) is 6.62. The summed E-state index contributed by atoms with van der Waals surface area (Å²) in [5, 5.41) is 8.49. The number of rotatable bonds is 3. The Morgan fingerprint density at radius 3 is 2.46 bits per heavy atom. The second-order valence-corrected chi connectivity index (χ2v) is 5.36. The van der Waals surface area contributed by atoms with Crippen LogP contribution in [0.4, 0.5) is 20.2 Å². The zero-order valence-corrected chi connectivity index (χ0v) is 13.0.